The largest absolute Gasteiger partial charge is 0.425 e. The van der Waals surface area contributed by atoms with E-state index in [0.29, 0.717) is 17.7 Å². The second kappa shape index (κ2) is 7.09. The molecule has 0 saturated heterocycles. The van der Waals surface area contributed by atoms with Crippen molar-refractivity contribution in [1.82, 2.24) is 15.2 Å². The van der Waals surface area contributed by atoms with E-state index in [1.165, 1.54) is 0 Å². The number of aryl methyl sites for hydroxylation is 1. The van der Waals surface area contributed by atoms with Crippen LogP contribution in [-0.4, -0.2) is 27.1 Å². The summed E-state index contributed by atoms with van der Waals surface area (Å²) in [5, 5.41) is 8.85. The molecule has 0 aliphatic carbocycles. The standard InChI is InChI=1S/C19H24N4O2/c1-12(2)9-13(3)23(19(24)11-18-22-21-14(4)25-18)16-5-6-17-15(10-16)7-8-20-17/h5-8,10,12-13,20H,9,11H2,1-4H3. The monoisotopic (exact) mass is 340 g/mol. The summed E-state index contributed by atoms with van der Waals surface area (Å²) >= 11 is 0. The molecule has 1 N–H and O–H groups in total. The van der Waals surface area contributed by atoms with Gasteiger partial charge in [0.1, 0.15) is 6.42 Å². The molecule has 0 aliphatic rings. The van der Waals surface area contributed by atoms with Gasteiger partial charge in [0.2, 0.25) is 17.7 Å². The summed E-state index contributed by atoms with van der Waals surface area (Å²) in [4.78, 5) is 18.0. The highest BCUT2D eigenvalue weighted by atomic mass is 16.4. The molecule has 6 heteroatoms. The zero-order valence-electron chi connectivity index (χ0n) is 15.1. The fourth-order valence-electron chi connectivity index (χ4n) is 3.25. The van der Waals surface area contributed by atoms with Crippen molar-refractivity contribution in [1.29, 1.82) is 0 Å². The summed E-state index contributed by atoms with van der Waals surface area (Å²) in [6.07, 6.45) is 2.92. The number of amides is 1. The lowest BCUT2D eigenvalue weighted by molar-refractivity contribution is -0.118. The number of hydrogen-bond acceptors (Lipinski definition) is 4. The van der Waals surface area contributed by atoms with E-state index in [-0.39, 0.29) is 18.4 Å². The molecule has 0 bridgehead atoms. The van der Waals surface area contributed by atoms with Gasteiger partial charge in [0.15, 0.2) is 0 Å². The summed E-state index contributed by atoms with van der Waals surface area (Å²) in [7, 11) is 0. The van der Waals surface area contributed by atoms with Crippen LogP contribution < -0.4 is 4.90 Å². The SMILES string of the molecule is Cc1nnc(CC(=O)N(c2ccc3[nH]ccc3c2)C(C)CC(C)C)o1. The second-order valence-corrected chi connectivity index (χ2v) is 6.88. The van der Waals surface area contributed by atoms with Crippen LogP contribution in [0.25, 0.3) is 10.9 Å². The minimum Gasteiger partial charge on any atom is -0.425 e. The van der Waals surface area contributed by atoms with E-state index >= 15 is 0 Å². The van der Waals surface area contributed by atoms with Gasteiger partial charge < -0.3 is 14.3 Å². The number of rotatable bonds is 6. The molecule has 132 valence electrons. The van der Waals surface area contributed by atoms with E-state index in [2.05, 4.69) is 36.0 Å². The summed E-state index contributed by atoms with van der Waals surface area (Å²) in [6, 6.07) is 8.11. The zero-order valence-corrected chi connectivity index (χ0v) is 15.1. The molecule has 3 aromatic rings. The summed E-state index contributed by atoms with van der Waals surface area (Å²) in [5.74, 6) is 1.28. The molecule has 25 heavy (non-hydrogen) atoms. The van der Waals surface area contributed by atoms with Crippen LogP contribution in [0.3, 0.4) is 0 Å². The molecule has 0 aliphatic heterocycles. The lowest BCUT2D eigenvalue weighted by atomic mass is 10.0. The van der Waals surface area contributed by atoms with Gasteiger partial charge in [0, 0.05) is 35.8 Å². The molecule has 0 fully saturated rings. The van der Waals surface area contributed by atoms with Crippen molar-refractivity contribution in [3.8, 4) is 0 Å². The van der Waals surface area contributed by atoms with Gasteiger partial charge in [-0.25, -0.2) is 0 Å². The van der Waals surface area contributed by atoms with E-state index in [0.717, 1.165) is 23.0 Å². The third-order valence-electron chi connectivity index (χ3n) is 4.21. The molecule has 0 saturated carbocycles. The molecular weight excluding hydrogens is 316 g/mol. The Morgan fingerprint density at radius 1 is 1.24 bits per heavy atom. The van der Waals surface area contributed by atoms with Crippen LogP contribution in [0, 0.1) is 12.8 Å². The molecule has 1 atom stereocenters. The van der Waals surface area contributed by atoms with Crippen molar-refractivity contribution in [3.63, 3.8) is 0 Å². The summed E-state index contributed by atoms with van der Waals surface area (Å²) in [6.45, 7) is 8.13. The number of anilines is 1. The van der Waals surface area contributed by atoms with Gasteiger partial charge in [-0.3, -0.25) is 4.79 Å². The Morgan fingerprint density at radius 3 is 2.72 bits per heavy atom. The molecule has 0 radical (unpaired) electrons. The number of benzene rings is 1. The van der Waals surface area contributed by atoms with Crippen molar-refractivity contribution >= 4 is 22.5 Å². The predicted octanol–water partition coefficient (Wildman–Crippen LogP) is 3.87. The highest BCUT2D eigenvalue weighted by molar-refractivity contribution is 5.97. The Balaban J connectivity index is 1.91. The van der Waals surface area contributed by atoms with E-state index < -0.39 is 0 Å². The Kier molecular flexibility index (Phi) is 4.88. The van der Waals surface area contributed by atoms with Gasteiger partial charge in [-0.1, -0.05) is 13.8 Å². The zero-order chi connectivity index (χ0) is 18.0. The number of nitrogens with zero attached hydrogens (tertiary/aromatic N) is 3. The number of hydrogen-bond donors (Lipinski definition) is 1. The average Bonchev–Trinajstić information content (AvgIpc) is 3.15. The van der Waals surface area contributed by atoms with E-state index in [4.69, 9.17) is 4.42 Å². The third kappa shape index (κ3) is 3.90. The first-order valence-electron chi connectivity index (χ1n) is 8.62. The fourth-order valence-corrected chi connectivity index (χ4v) is 3.25. The molecular formula is C19H24N4O2. The molecule has 2 heterocycles. The highest BCUT2D eigenvalue weighted by Crippen LogP contribution is 2.26. The Bertz CT molecular complexity index is 865. The minimum atomic E-state index is -0.0355. The molecule has 1 amide bonds. The van der Waals surface area contributed by atoms with Gasteiger partial charge in [0.25, 0.3) is 0 Å². The van der Waals surface area contributed by atoms with Crippen LogP contribution in [-0.2, 0) is 11.2 Å². The number of fused-ring (bicyclic) bond motifs is 1. The number of carbonyl (C=O) groups excluding carboxylic acids is 1. The quantitative estimate of drug-likeness (QED) is 0.739. The number of aromatic amines is 1. The van der Waals surface area contributed by atoms with E-state index in [9.17, 15) is 4.79 Å². The molecule has 6 nitrogen and oxygen atoms in total. The molecule has 1 aromatic carbocycles. The molecule has 3 rings (SSSR count). The van der Waals surface area contributed by atoms with Gasteiger partial charge in [-0.05, 0) is 43.5 Å². The highest BCUT2D eigenvalue weighted by Gasteiger charge is 2.25. The Hall–Kier alpha value is -2.63. The molecule has 1 unspecified atom stereocenters. The summed E-state index contributed by atoms with van der Waals surface area (Å²) < 4.78 is 5.38. The first-order valence-corrected chi connectivity index (χ1v) is 8.62. The van der Waals surface area contributed by atoms with Crippen LogP contribution in [0.1, 0.15) is 39.0 Å². The normalized spacial score (nSPS) is 12.7. The maximum atomic E-state index is 13.0. The third-order valence-corrected chi connectivity index (χ3v) is 4.21. The Labute approximate surface area is 147 Å². The minimum absolute atomic E-state index is 0.0355. The van der Waals surface area contributed by atoms with Crippen LogP contribution in [0.4, 0.5) is 5.69 Å². The Morgan fingerprint density at radius 2 is 2.04 bits per heavy atom. The predicted molar refractivity (Wildman–Crippen MR) is 97.4 cm³/mol. The van der Waals surface area contributed by atoms with Crippen LogP contribution >= 0.6 is 0 Å². The first-order chi connectivity index (χ1) is 11.9. The average molecular weight is 340 g/mol. The number of H-pyrrole nitrogens is 1. The van der Waals surface area contributed by atoms with Crippen LogP contribution in [0.5, 0.6) is 0 Å². The van der Waals surface area contributed by atoms with Crippen molar-refractivity contribution < 1.29 is 9.21 Å². The van der Waals surface area contributed by atoms with E-state index in [1.54, 1.807) is 6.92 Å². The van der Waals surface area contributed by atoms with Gasteiger partial charge >= 0.3 is 0 Å². The van der Waals surface area contributed by atoms with Crippen molar-refractivity contribution in [3.05, 3.63) is 42.2 Å². The van der Waals surface area contributed by atoms with Crippen LogP contribution in [0.2, 0.25) is 0 Å². The fraction of sp³-hybridized carbons (Fsp3) is 0.421. The molecule has 0 spiro atoms. The number of nitrogens with one attached hydrogen (secondary N) is 1. The maximum absolute atomic E-state index is 13.0. The van der Waals surface area contributed by atoms with Gasteiger partial charge in [-0.15, -0.1) is 10.2 Å². The smallest absolute Gasteiger partial charge is 0.236 e. The maximum Gasteiger partial charge on any atom is 0.236 e. The van der Waals surface area contributed by atoms with E-state index in [1.807, 2.05) is 35.4 Å². The topological polar surface area (TPSA) is 75.0 Å². The van der Waals surface area contributed by atoms with Crippen molar-refractivity contribution in [2.75, 3.05) is 4.90 Å². The molecule has 2 aromatic heterocycles. The van der Waals surface area contributed by atoms with Gasteiger partial charge in [-0.2, -0.15) is 0 Å². The lowest BCUT2D eigenvalue weighted by Crippen LogP contribution is -2.40. The first kappa shape index (κ1) is 17.2. The van der Waals surface area contributed by atoms with Crippen LogP contribution in [0.15, 0.2) is 34.9 Å². The lowest BCUT2D eigenvalue weighted by Gasteiger charge is -2.30. The van der Waals surface area contributed by atoms with Crippen molar-refractivity contribution in [2.24, 2.45) is 5.92 Å². The summed E-state index contributed by atoms with van der Waals surface area (Å²) in [5.41, 5.74) is 1.95. The number of aromatic nitrogens is 3. The van der Waals surface area contributed by atoms with Gasteiger partial charge in [0.05, 0.1) is 0 Å². The van der Waals surface area contributed by atoms with Crippen molar-refractivity contribution in [2.45, 2.75) is 46.6 Å². The number of carbonyl (C=O) groups is 1. The second-order valence-electron chi connectivity index (χ2n) is 6.88.